The van der Waals surface area contributed by atoms with E-state index in [4.69, 9.17) is 4.74 Å². The molecule has 24 heavy (non-hydrogen) atoms. The molecular weight excluding hydrogens is 304 g/mol. The van der Waals surface area contributed by atoms with Crippen LogP contribution in [0.15, 0.2) is 42.5 Å². The predicted octanol–water partition coefficient (Wildman–Crippen LogP) is 2.20. The molecule has 4 rings (SSSR count). The van der Waals surface area contributed by atoms with Crippen LogP contribution in [0.5, 0.6) is 5.75 Å². The molecule has 0 N–H and O–H groups in total. The molecule has 2 unspecified atom stereocenters. The minimum absolute atomic E-state index is 0.0157. The number of tetrazole rings is 1. The maximum Gasteiger partial charge on any atom is 0.200 e. The fourth-order valence-corrected chi connectivity index (χ4v) is 3.37. The van der Waals surface area contributed by atoms with Gasteiger partial charge in [0.05, 0.1) is 0 Å². The van der Waals surface area contributed by atoms with Crippen molar-refractivity contribution in [2.45, 2.75) is 32.4 Å². The zero-order valence-corrected chi connectivity index (χ0v) is 14.0. The number of ether oxygens (including phenoxy) is 1. The molecule has 7 nitrogen and oxygen atoms in total. The van der Waals surface area contributed by atoms with Crippen LogP contribution in [0.4, 0.5) is 5.82 Å². The van der Waals surface area contributed by atoms with Gasteiger partial charge >= 0.3 is 0 Å². The van der Waals surface area contributed by atoms with Crippen LogP contribution < -0.4 is 9.64 Å². The number of para-hydroxylation sites is 1. The van der Waals surface area contributed by atoms with Crippen LogP contribution in [0.3, 0.4) is 0 Å². The van der Waals surface area contributed by atoms with Crippen LogP contribution >= 0.6 is 0 Å². The van der Waals surface area contributed by atoms with E-state index in [1.165, 1.54) is 4.63 Å². The first-order valence-corrected chi connectivity index (χ1v) is 8.05. The quantitative estimate of drug-likeness (QED) is 0.733. The van der Waals surface area contributed by atoms with Crippen LogP contribution in [0.2, 0.25) is 0 Å². The zero-order valence-electron chi connectivity index (χ0n) is 14.0. The van der Waals surface area contributed by atoms with Crippen LogP contribution in [-0.4, -0.2) is 44.4 Å². The second kappa shape index (κ2) is 5.43. The van der Waals surface area contributed by atoms with Crippen LogP contribution in [0, 0.1) is 5.41 Å². The SMILES string of the molecule is CN(c1ccc2nnnn2n1)C1CC(Oc2ccccc2)C1(C)C. The summed E-state index contributed by atoms with van der Waals surface area (Å²) in [5.74, 6) is 1.77. The molecule has 0 spiro atoms. The van der Waals surface area contributed by atoms with Gasteiger partial charge in [-0.3, -0.25) is 0 Å². The van der Waals surface area contributed by atoms with Gasteiger partial charge in [-0.2, -0.15) is 0 Å². The molecule has 1 aliphatic carbocycles. The van der Waals surface area contributed by atoms with Crippen molar-refractivity contribution >= 4 is 11.5 Å². The maximum absolute atomic E-state index is 6.16. The van der Waals surface area contributed by atoms with Gasteiger partial charge in [-0.05, 0) is 34.7 Å². The predicted molar refractivity (Wildman–Crippen MR) is 90.0 cm³/mol. The zero-order chi connectivity index (χ0) is 16.7. The Labute approximate surface area is 140 Å². The third kappa shape index (κ3) is 2.36. The Morgan fingerprint density at radius 3 is 2.71 bits per heavy atom. The molecule has 1 aromatic carbocycles. The Hall–Kier alpha value is -2.70. The van der Waals surface area contributed by atoms with Crippen LogP contribution in [0.25, 0.3) is 5.65 Å². The van der Waals surface area contributed by atoms with Crippen LogP contribution in [0.1, 0.15) is 20.3 Å². The summed E-state index contributed by atoms with van der Waals surface area (Å²) in [6.07, 6.45) is 1.14. The van der Waals surface area contributed by atoms with Gasteiger partial charge in [0.1, 0.15) is 11.9 Å². The molecule has 1 aliphatic rings. The van der Waals surface area contributed by atoms with Gasteiger partial charge in [0.15, 0.2) is 11.5 Å². The highest BCUT2D eigenvalue weighted by Crippen LogP contribution is 2.46. The molecule has 0 aliphatic heterocycles. The Balaban J connectivity index is 1.50. The van der Waals surface area contributed by atoms with E-state index in [-0.39, 0.29) is 11.5 Å². The summed E-state index contributed by atoms with van der Waals surface area (Å²) >= 11 is 0. The lowest BCUT2D eigenvalue weighted by Gasteiger charge is -2.54. The Morgan fingerprint density at radius 2 is 1.96 bits per heavy atom. The average Bonchev–Trinajstić information content (AvgIpc) is 3.06. The van der Waals surface area contributed by atoms with Gasteiger partial charge in [-0.25, -0.2) is 0 Å². The number of hydrogen-bond acceptors (Lipinski definition) is 6. The van der Waals surface area contributed by atoms with Crippen molar-refractivity contribution in [1.29, 1.82) is 0 Å². The third-order valence-electron chi connectivity index (χ3n) is 5.03. The fourth-order valence-electron chi connectivity index (χ4n) is 3.37. The summed E-state index contributed by atoms with van der Waals surface area (Å²) in [7, 11) is 2.06. The van der Waals surface area contributed by atoms with Gasteiger partial charge in [0.2, 0.25) is 0 Å². The Morgan fingerprint density at radius 1 is 1.17 bits per heavy atom. The molecule has 0 amide bonds. The lowest BCUT2D eigenvalue weighted by Crippen LogP contribution is -2.62. The van der Waals surface area contributed by atoms with Gasteiger partial charge in [-0.1, -0.05) is 32.0 Å². The van der Waals surface area contributed by atoms with Crippen molar-refractivity contribution in [3.63, 3.8) is 0 Å². The molecule has 0 radical (unpaired) electrons. The Kier molecular flexibility index (Phi) is 3.37. The molecule has 124 valence electrons. The van der Waals surface area contributed by atoms with Crippen molar-refractivity contribution in [3.8, 4) is 5.75 Å². The van der Waals surface area contributed by atoms with Crippen LogP contribution in [-0.2, 0) is 0 Å². The number of hydrogen-bond donors (Lipinski definition) is 0. The van der Waals surface area contributed by atoms with E-state index in [9.17, 15) is 0 Å². The summed E-state index contributed by atoms with van der Waals surface area (Å²) in [4.78, 5) is 2.19. The standard InChI is InChI=1S/C17H20N6O/c1-17(2)13(11-14(17)24-12-7-5-4-6-8-12)22(3)16-10-9-15-18-20-21-23(15)19-16/h4-10,13-14H,11H2,1-3H3. The molecule has 0 saturated heterocycles. The number of rotatable bonds is 4. The second-order valence-corrected chi connectivity index (χ2v) is 6.82. The van der Waals surface area contributed by atoms with E-state index in [0.29, 0.717) is 11.7 Å². The lowest BCUT2D eigenvalue weighted by molar-refractivity contribution is -0.0418. The number of aromatic nitrogens is 5. The highest BCUT2D eigenvalue weighted by molar-refractivity contribution is 5.45. The van der Waals surface area contributed by atoms with Gasteiger partial charge in [0.25, 0.3) is 0 Å². The van der Waals surface area contributed by atoms with Crippen molar-refractivity contribution in [2.75, 3.05) is 11.9 Å². The van der Waals surface area contributed by atoms with E-state index < -0.39 is 0 Å². The lowest BCUT2D eigenvalue weighted by atomic mass is 9.64. The monoisotopic (exact) mass is 324 g/mol. The number of benzene rings is 1. The summed E-state index contributed by atoms with van der Waals surface area (Å²) in [5.41, 5.74) is 0.660. The van der Waals surface area contributed by atoms with Crippen molar-refractivity contribution in [2.24, 2.45) is 5.41 Å². The average molecular weight is 324 g/mol. The first kappa shape index (κ1) is 14.9. The smallest absolute Gasteiger partial charge is 0.200 e. The van der Waals surface area contributed by atoms with E-state index in [2.05, 4.69) is 46.4 Å². The molecule has 1 fully saturated rings. The van der Waals surface area contributed by atoms with E-state index in [1.807, 2.05) is 42.5 Å². The Bertz CT molecular complexity index is 846. The van der Waals surface area contributed by atoms with Gasteiger partial charge in [-0.15, -0.1) is 14.8 Å². The minimum Gasteiger partial charge on any atom is -0.490 e. The molecule has 2 heterocycles. The van der Waals surface area contributed by atoms with E-state index >= 15 is 0 Å². The summed E-state index contributed by atoms with van der Waals surface area (Å²) < 4.78 is 7.61. The second-order valence-electron chi connectivity index (χ2n) is 6.82. The molecule has 0 bridgehead atoms. The third-order valence-corrected chi connectivity index (χ3v) is 5.03. The molecule has 7 heteroatoms. The van der Waals surface area contributed by atoms with Crippen molar-refractivity contribution in [1.82, 2.24) is 25.3 Å². The number of nitrogens with zero attached hydrogens (tertiary/aromatic N) is 6. The maximum atomic E-state index is 6.16. The minimum atomic E-state index is 0.0157. The largest absolute Gasteiger partial charge is 0.490 e. The highest BCUT2D eigenvalue weighted by Gasteiger charge is 2.52. The topological polar surface area (TPSA) is 68.4 Å². The van der Waals surface area contributed by atoms with Gasteiger partial charge in [0, 0.05) is 24.9 Å². The van der Waals surface area contributed by atoms with Crippen molar-refractivity contribution < 1.29 is 4.74 Å². The molecule has 1 saturated carbocycles. The number of anilines is 1. The normalized spacial score (nSPS) is 22.1. The summed E-state index contributed by atoms with van der Waals surface area (Å²) in [6, 6.07) is 14.2. The molecule has 2 atom stereocenters. The fraction of sp³-hybridized carbons (Fsp3) is 0.412. The molecule has 3 aromatic rings. The first-order valence-electron chi connectivity index (χ1n) is 8.05. The summed E-state index contributed by atoms with van der Waals surface area (Å²) in [6.45, 7) is 4.47. The van der Waals surface area contributed by atoms with Gasteiger partial charge < -0.3 is 9.64 Å². The summed E-state index contributed by atoms with van der Waals surface area (Å²) in [5, 5.41) is 15.9. The van der Waals surface area contributed by atoms with Crippen molar-refractivity contribution in [3.05, 3.63) is 42.5 Å². The van der Waals surface area contributed by atoms with E-state index in [0.717, 1.165) is 18.0 Å². The van der Waals surface area contributed by atoms with E-state index in [1.54, 1.807) is 0 Å². The molecule has 2 aromatic heterocycles. The molecular formula is C17H20N6O. The highest BCUT2D eigenvalue weighted by atomic mass is 16.5. The number of fused-ring (bicyclic) bond motifs is 1. The first-order chi connectivity index (χ1) is 11.6.